The summed E-state index contributed by atoms with van der Waals surface area (Å²) < 4.78 is 29.8. The van der Waals surface area contributed by atoms with Gasteiger partial charge in [-0.05, 0) is 75.6 Å². The Balaban J connectivity index is 1.88. The largest absolute Gasteiger partial charge is 0.350 e. The third-order valence-corrected chi connectivity index (χ3v) is 10.2. The van der Waals surface area contributed by atoms with Gasteiger partial charge in [0.05, 0.1) is 10.6 Å². The Bertz CT molecular complexity index is 1790. The maximum Gasteiger partial charge on any atom is 0.264 e. The van der Waals surface area contributed by atoms with E-state index in [1.54, 1.807) is 42.5 Å². The van der Waals surface area contributed by atoms with Crippen molar-refractivity contribution < 1.29 is 18.0 Å². The summed E-state index contributed by atoms with van der Waals surface area (Å²) in [6.45, 7) is 8.69. The Morgan fingerprint density at radius 2 is 1.43 bits per heavy atom. The van der Waals surface area contributed by atoms with Crippen molar-refractivity contribution in [3.05, 3.63) is 129 Å². The van der Waals surface area contributed by atoms with Gasteiger partial charge >= 0.3 is 0 Å². The van der Waals surface area contributed by atoms with Crippen molar-refractivity contribution in [3.63, 3.8) is 0 Å². The van der Waals surface area contributed by atoms with Crippen molar-refractivity contribution in [1.82, 2.24) is 10.2 Å². The third kappa shape index (κ3) is 9.15. The normalized spacial score (nSPS) is 12.3. The number of halogens is 2. The summed E-state index contributed by atoms with van der Waals surface area (Å²) in [6.07, 6.45) is 0.709. The van der Waals surface area contributed by atoms with Crippen LogP contribution in [0.4, 0.5) is 5.69 Å². The quantitative estimate of drug-likeness (QED) is 0.165. The zero-order valence-corrected chi connectivity index (χ0v) is 29.7. The smallest absolute Gasteiger partial charge is 0.264 e. The lowest BCUT2D eigenvalue weighted by Crippen LogP contribution is -2.56. The Hall–Kier alpha value is -3.85. The van der Waals surface area contributed by atoms with Crippen molar-refractivity contribution in [1.29, 1.82) is 0 Å². The molecule has 4 rings (SSSR count). The number of nitrogens with one attached hydrogen (secondary N) is 1. The minimum atomic E-state index is -4.22. The van der Waals surface area contributed by atoms with Crippen LogP contribution in [0.15, 0.2) is 102 Å². The number of anilines is 1. The molecule has 2 amide bonds. The molecule has 0 aliphatic carbocycles. The number of nitrogens with zero attached hydrogens (tertiary/aromatic N) is 2. The van der Waals surface area contributed by atoms with Crippen LogP contribution in [0.3, 0.4) is 0 Å². The highest BCUT2D eigenvalue weighted by Gasteiger charge is 2.36. The molecule has 10 heteroatoms. The van der Waals surface area contributed by atoms with Crippen molar-refractivity contribution in [3.8, 4) is 0 Å². The number of amides is 2. The Kier molecular flexibility index (Phi) is 11.8. The summed E-state index contributed by atoms with van der Waals surface area (Å²) in [5.41, 5.74) is 2.71. The molecule has 0 saturated heterocycles. The molecule has 7 nitrogen and oxygen atoms in total. The first-order valence-corrected chi connectivity index (χ1v) is 17.7. The van der Waals surface area contributed by atoms with Crippen molar-refractivity contribution >= 4 is 50.7 Å². The van der Waals surface area contributed by atoms with Gasteiger partial charge < -0.3 is 10.2 Å². The molecule has 4 aromatic carbocycles. The standard InChI is InChI=1S/C37H41Cl2N3O4S/c1-6-28-15-10-11-18-33(28)42(47(45,46)29-21-19-26(2)20-22-29)25-35(43)41(24-30-31(38)16-12-17-32(30)39)34(36(44)40-37(3,4)5)23-27-13-8-7-9-14-27/h7-22,34H,6,23-25H2,1-5H3,(H,40,44)/t34-/m1/s1. The van der Waals surface area contributed by atoms with Gasteiger partial charge in [-0.1, -0.05) is 102 Å². The number of aryl methyl sites for hydroxylation is 2. The molecule has 1 N–H and O–H groups in total. The molecular weight excluding hydrogens is 653 g/mol. The van der Waals surface area contributed by atoms with Crippen LogP contribution in [0, 0.1) is 6.92 Å². The lowest BCUT2D eigenvalue weighted by Gasteiger charge is -2.36. The zero-order valence-electron chi connectivity index (χ0n) is 27.3. The minimum Gasteiger partial charge on any atom is -0.350 e. The molecule has 0 heterocycles. The second-order valence-electron chi connectivity index (χ2n) is 12.5. The predicted octanol–water partition coefficient (Wildman–Crippen LogP) is 7.61. The first-order valence-electron chi connectivity index (χ1n) is 15.5. The number of sulfonamides is 1. The van der Waals surface area contributed by atoms with Gasteiger partial charge in [-0.3, -0.25) is 13.9 Å². The van der Waals surface area contributed by atoms with Crippen molar-refractivity contribution in [2.45, 2.75) is 70.5 Å². The Morgan fingerprint density at radius 3 is 2.02 bits per heavy atom. The molecule has 248 valence electrons. The van der Waals surface area contributed by atoms with E-state index in [9.17, 15) is 18.0 Å². The van der Waals surface area contributed by atoms with Crippen LogP contribution in [0.1, 0.15) is 49.9 Å². The van der Waals surface area contributed by atoms with Gasteiger partial charge in [-0.15, -0.1) is 0 Å². The summed E-state index contributed by atoms with van der Waals surface area (Å²) >= 11 is 13.2. The first-order chi connectivity index (χ1) is 22.2. The highest BCUT2D eigenvalue weighted by molar-refractivity contribution is 7.92. The molecule has 47 heavy (non-hydrogen) atoms. The number of carbonyl (C=O) groups excluding carboxylic acids is 2. The van der Waals surface area contributed by atoms with E-state index in [0.717, 1.165) is 21.0 Å². The number of rotatable bonds is 12. The molecule has 0 radical (unpaired) electrons. The van der Waals surface area contributed by atoms with E-state index >= 15 is 0 Å². The SMILES string of the molecule is CCc1ccccc1N(CC(=O)N(Cc1c(Cl)cccc1Cl)[C@H](Cc1ccccc1)C(=O)NC(C)(C)C)S(=O)(=O)c1ccc(C)cc1. The number of para-hydroxylation sites is 1. The fourth-order valence-electron chi connectivity index (χ4n) is 5.26. The molecular formula is C37H41Cl2N3O4S. The molecule has 0 bridgehead atoms. The highest BCUT2D eigenvalue weighted by atomic mass is 35.5. The first kappa shape index (κ1) is 36.0. The van der Waals surface area contributed by atoms with E-state index in [-0.39, 0.29) is 23.8 Å². The molecule has 0 aliphatic rings. The van der Waals surface area contributed by atoms with E-state index in [0.29, 0.717) is 27.7 Å². The van der Waals surface area contributed by atoms with Crippen LogP contribution in [0.2, 0.25) is 10.0 Å². The van der Waals surface area contributed by atoms with Crippen molar-refractivity contribution in [2.75, 3.05) is 10.8 Å². The van der Waals surface area contributed by atoms with Crippen LogP contribution in [0.5, 0.6) is 0 Å². The summed E-state index contributed by atoms with van der Waals surface area (Å²) in [7, 11) is -4.22. The van der Waals surface area contributed by atoms with Gasteiger partial charge in [-0.25, -0.2) is 8.42 Å². The van der Waals surface area contributed by atoms with E-state index in [4.69, 9.17) is 23.2 Å². The zero-order chi connectivity index (χ0) is 34.4. The number of benzene rings is 4. The topological polar surface area (TPSA) is 86.8 Å². The van der Waals surface area contributed by atoms with Crippen LogP contribution in [0.25, 0.3) is 0 Å². The van der Waals surface area contributed by atoms with E-state index in [1.807, 2.05) is 77.1 Å². The molecule has 0 aliphatic heterocycles. The second-order valence-corrected chi connectivity index (χ2v) is 15.2. The van der Waals surface area contributed by atoms with E-state index in [1.165, 1.54) is 17.0 Å². The molecule has 0 fully saturated rings. The molecule has 4 aromatic rings. The van der Waals surface area contributed by atoms with E-state index < -0.39 is 34.1 Å². The number of hydrogen-bond donors (Lipinski definition) is 1. The van der Waals surface area contributed by atoms with Crippen LogP contribution in [-0.2, 0) is 39.0 Å². The number of hydrogen-bond acceptors (Lipinski definition) is 4. The van der Waals surface area contributed by atoms with Gasteiger partial charge in [0.2, 0.25) is 11.8 Å². The second kappa shape index (κ2) is 15.4. The molecule has 1 atom stereocenters. The summed E-state index contributed by atoms with van der Waals surface area (Å²) in [4.78, 5) is 30.3. The average molecular weight is 695 g/mol. The Morgan fingerprint density at radius 1 is 0.830 bits per heavy atom. The van der Waals surface area contributed by atoms with Crippen LogP contribution in [-0.4, -0.2) is 43.3 Å². The minimum absolute atomic E-state index is 0.0498. The average Bonchev–Trinajstić information content (AvgIpc) is 3.02. The lowest BCUT2D eigenvalue weighted by molar-refractivity contribution is -0.140. The van der Waals surface area contributed by atoms with Gasteiger partial charge in [-0.2, -0.15) is 0 Å². The fraction of sp³-hybridized carbons (Fsp3) is 0.297. The monoisotopic (exact) mass is 693 g/mol. The maximum absolute atomic E-state index is 14.7. The van der Waals surface area contributed by atoms with Crippen LogP contribution < -0.4 is 9.62 Å². The third-order valence-electron chi connectivity index (χ3n) is 7.69. The molecule has 0 aromatic heterocycles. The molecule has 0 spiro atoms. The van der Waals surface area contributed by atoms with Gasteiger partial charge in [0.1, 0.15) is 12.6 Å². The fourth-order valence-corrected chi connectivity index (χ4v) is 7.23. The van der Waals surface area contributed by atoms with Crippen molar-refractivity contribution in [2.24, 2.45) is 0 Å². The van der Waals surface area contributed by atoms with Gasteiger partial charge in [0.25, 0.3) is 10.0 Å². The summed E-state index contributed by atoms with van der Waals surface area (Å²) in [5, 5.41) is 3.67. The van der Waals surface area contributed by atoms with Gasteiger partial charge in [0, 0.05) is 34.1 Å². The lowest BCUT2D eigenvalue weighted by atomic mass is 10.0. The predicted molar refractivity (Wildman–Crippen MR) is 190 cm³/mol. The Labute approximate surface area is 288 Å². The summed E-state index contributed by atoms with van der Waals surface area (Å²) in [6, 6.07) is 27.0. The summed E-state index contributed by atoms with van der Waals surface area (Å²) in [5.74, 6) is -0.979. The number of carbonyl (C=O) groups is 2. The highest BCUT2D eigenvalue weighted by Crippen LogP contribution is 2.31. The molecule has 0 saturated carbocycles. The van der Waals surface area contributed by atoms with Crippen LogP contribution >= 0.6 is 23.2 Å². The van der Waals surface area contributed by atoms with E-state index in [2.05, 4.69) is 5.32 Å². The maximum atomic E-state index is 14.7. The van der Waals surface area contributed by atoms with Gasteiger partial charge in [0.15, 0.2) is 0 Å². The molecule has 0 unspecified atom stereocenters.